The number of alkyl halides is 2. The molecule has 21 heavy (non-hydrogen) atoms. The fourth-order valence-electron chi connectivity index (χ4n) is 2.06. The third-order valence-electron chi connectivity index (χ3n) is 3.20. The molecule has 0 aliphatic carbocycles. The number of aromatic amines is 1. The molecule has 1 heterocycles. The van der Waals surface area contributed by atoms with Crippen molar-refractivity contribution in [2.75, 3.05) is 6.54 Å². The number of halogens is 2. The first-order valence-corrected chi connectivity index (χ1v) is 6.91. The number of hydrogen-bond donors (Lipinski definition) is 2. The van der Waals surface area contributed by atoms with Crippen LogP contribution in [0.2, 0.25) is 0 Å². The number of hydrogen-bond acceptors (Lipinski definition) is 3. The van der Waals surface area contributed by atoms with Crippen molar-refractivity contribution in [3.05, 3.63) is 48.0 Å². The molecule has 0 aliphatic heterocycles. The fraction of sp³-hybridized carbons (Fsp3) is 0.400. The van der Waals surface area contributed by atoms with Gasteiger partial charge in [-0.3, -0.25) is 0 Å². The number of rotatable bonds is 8. The minimum absolute atomic E-state index is 0.155. The zero-order valence-electron chi connectivity index (χ0n) is 11.9. The molecule has 2 rings (SSSR count). The van der Waals surface area contributed by atoms with Gasteiger partial charge in [-0.05, 0) is 37.6 Å². The summed E-state index contributed by atoms with van der Waals surface area (Å²) in [7, 11) is 0. The van der Waals surface area contributed by atoms with Gasteiger partial charge in [0.15, 0.2) is 0 Å². The summed E-state index contributed by atoms with van der Waals surface area (Å²) in [6, 6.07) is 6.86. The Morgan fingerprint density at radius 2 is 2.05 bits per heavy atom. The lowest BCUT2D eigenvalue weighted by Crippen LogP contribution is -2.20. The number of imidazole rings is 1. The molecule has 0 amide bonds. The summed E-state index contributed by atoms with van der Waals surface area (Å²) in [5.41, 5.74) is 1.04. The van der Waals surface area contributed by atoms with E-state index in [1.54, 1.807) is 30.5 Å². The molecular formula is C15H19F2N3O. The highest BCUT2D eigenvalue weighted by Gasteiger charge is 2.07. The largest absolute Gasteiger partial charge is 0.435 e. The number of ether oxygens (including phenoxy) is 1. The second-order valence-electron chi connectivity index (χ2n) is 4.76. The summed E-state index contributed by atoms with van der Waals surface area (Å²) in [6.07, 6.45) is 5.43. The summed E-state index contributed by atoms with van der Waals surface area (Å²) in [5, 5.41) is 3.39. The molecule has 0 aliphatic rings. The molecule has 114 valence electrons. The van der Waals surface area contributed by atoms with Gasteiger partial charge in [0.2, 0.25) is 0 Å². The zero-order chi connectivity index (χ0) is 15.1. The van der Waals surface area contributed by atoms with Crippen LogP contribution in [0.1, 0.15) is 30.8 Å². The van der Waals surface area contributed by atoms with Gasteiger partial charge in [-0.1, -0.05) is 12.1 Å². The Hall–Kier alpha value is -1.95. The predicted molar refractivity (Wildman–Crippen MR) is 76.4 cm³/mol. The molecule has 1 atom stereocenters. The van der Waals surface area contributed by atoms with Crippen molar-refractivity contribution in [1.29, 1.82) is 0 Å². The van der Waals surface area contributed by atoms with E-state index in [1.807, 2.05) is 13.1 Å². The average molecular weight is 295 g/mol. The topological polar surface area (TPSA) is 49.9 Å². The summed E-state index contributed by atoms with van der Waals surface area (Å²) in [4.78, 5) is 7.23. The lowest BCUT2D eigenvalue weighted by Gasteiger charge is -2.14. The van der Waals surface area contributed by atoms with Crippen LogP contribution in [0, 0.1) is 0 Å². The molecule has 0 spiro atoms. The molecule has 1 aromatic heterocycles. The second-order valence-corrected chi connectivity index (χ2v) is 4.76. The lowest BCUT2D eigenvalue weighted by molar-refractivity contribution is -0.0498. The molecule has 0 saturated carbocycles. The van der Waals surface area contributed by atoms with E-state index in [2.05, 4.69) is 20.0 Å². The molecule has 0 fully saturated rings. The molecule has 2 aromatic rings. The lowest BCUT2D eigenvalue weighted by atomic mass is 10.1. The highest BCUT2D eigenvalue weighted by Crippen LogP contribution is 2.19. The van der Waals surface area contributed by atoms with Crippen LogP contribution in [0.4, 0.5) is 8.78 Å². The van der Waals surface area contributed by atoms with E-state index in [1.165, 1.54) is 0 Å². The Morgan fingerprint density at radius 1 is 1.29 bits per heavy atom. The Labute approximate surface area is 122 Å². The van der Waals surface area contributed by atoms with E-state index >= 15 is 0 Å². The molecule has 4 nitrogen and oxygen atoms in total. The smallest absolute Gasteiger partial charge is 0.387 e. The molecule has 0 saturated heterocycles. The van der Waals surface area contributed by atoms with Crippen molar-refractivity contribution in [2.24, 2.45) is 0 Å². The van der Waals surface area contributed by atoms with Crippen LogP contribution < -0.4 is 10.1 Å². The Balaban J connectivity index is 1.73. The van der Waals surface area contributed by atoms with Gasteiger partial charge in [0, 0.05) is 24.9 Å². The van der Waals surface area contributed by atoms with Crippen molar-refractivity contribution >= 4 is 0 Å². The van der Waals surface area contributed by atoms with Gasteiger partial charge in [0.1, 0.15) is 11.6 Å². The summed E-state index contributed by atoms with van der Waals surface area (Å²) < 4.78 is 28.4. The van der Waals surface area contributed by atoms with Crippen LogP contribution in [0.25, 0.3) is 0 Å². The molecule has 1 aromatic carbocycles. The first-order chi connectivity index (χ1) is 10.1. The van der Waals surface area contributed by atoms with E-state index in [9.17, 15) is 8.78 Å². The fourth-order valence-corrected chi connectivity index (χ4v) is 2.06. The quantitative estimate of drug-likeness (QED) is 0.735. The molecule has 1 unspecified atom stereocenters. The first-order valence-electron chi connectivity index (χ1n) is 6.91. The van der Waals surface area contributed by atoms with Crippen LogP contribution in [0.3, 0.4) is 0 Å². The molecular weight excluding hydrogens is 276 g/mol. The van der Waals surface area contributed by atoms with Gasteiger partial charge >= 0.3 is 6.61 Å². The van der Waals surface area contributed by atoms with E-state index in [-0.39, 0.29) is 11.8 Å². The average Bonchev–Trinajstić information content (AvgIpc) is 2.97. The molecule has 0 radical (unpaired) electrons. The second kappa shape index (κ2) is 7.73. The van der Waals surface area contributed by atoms with Gasteiger partial charge in [0.25, 0.3) is 0 Å². The number of H-pyrrole nitrogens is 1. The van der Waals surface area contributed by atoms with Crippen LogP contribution in [0.5, 0.6) is 5.75 Å². The van der Waals surface area contributed by atoms with Crippen LogP contribution in [-0.2, 0) is 6.42 Å². The van der Waals surface area contributed by atoms with Crippen LogP contribution in [0.15, 0.2) is 36.7 Å². The van der Waals surface area contributed by atoms with Crippen LogP contribution >= 0.6 is 0 Å². The Kier molecular flexibility index (Phi) is 5.68. The minimum atomic E-state index is -2.78. The van der Waals surface area contributed by atoms with Crippen molar-refractivity contribution < 1.29 is 13.5 Å². The van der Waals surface area contributed by atoms with Gasteiger partial charge in [-0.25, -0.2) is 4.98 Å². The highest BCUT2D eigenvalue weighted by molar-refractivity contribution is 5.28. The van der Waals surface area contributed by atoms with Crippen LogP contribution in [-0.4, -0.2) is 23.1 Å². The number of nitrogens with zero attached hydrogens (tertiary/aromatic N) is 1. The molecule has 2 N–H and O–H groups in total. The van der Waals surface area contributed by atoms with Gasteiger partial charge in [0.05, 0.1) is 0 Å². The van der Waals surface area contributed by atoms with Gasteiger partial charge < -0.3 is 15.0 Å². The maximum atomic E-state index is 12.1. The predicted octanol–water partition coefficient (Wildman–Crippen LogP) is 3.29. The third-order valence-corrected chi connectivity index (χ3v) is 3.20. The van der Waals surface area contributed by atoms with Crippen molar-refractivity contribution in [3.8, 4) is 5.75 Å². The Bertz CT molecular complexity index is 514. The molecule has 6 heteroatoms. The molecule has 0 bridgehead atoms. The van der Waals surface area contributed by atoms with E-state index in [4.69, 9.17) is 0 Å². The van der Waals surface area contributed by atoms with Crippen molar-refractivity contribution in [1.82, 2.24) is 15.3 Å². The zero-order valence-corrected chi connectivity index (χ0v) is 11.9. The maximum absolute atomic E-state index is 12.1. The summed E-state index contributed by atoms with van der Waals surface area (Å²) in [5.74, 6) is 1.16. The number of aryl methyl sites for hydroxylation is 1. The summed E-state index contributed by atoms with van der Waals surface area (Å²) in [6.45, 7) is 0.112. The number of aromatic nitrogens is 2. The van der Waals surface area contributed by atoms with E-state index < -0.39 is 6.61 Å². The standard InChI is InChI=1S/C15H19F2N3O/c1-11(18-8-2-3-14-19-9-10-20-14)12-4-6-13(7-5-12)21-15(16)17/h4-7,9-11,15,18H,2-3,8H2,1H3,(H,19,20). The van der Waals surface area contributed by atoms with E-state index in [0.717, 1.165) is 30.8 Å². The first kappa shape index (κ1) is 15.4. The summed E-state index contributed by atoms with van der Waals surface area (Å²) >= 11 is 0. The monoisotopic (exact) mass is 295 g/mol. The SMILES string of the molecule is CC(NCCCc1ncc[nH]1)c1ccc(OC(F)F)cc1. The van der Waals surface area contributed by atoms with Gasteiger partial charge in [-0.2, -0.15) is 8.78 Å². The van der Waals surface area contributed by atoms with Gasteiger partial charge in [-0.15, -0.1) is 0 Å². The van der Waals surface area contributed by atoms with Crippen molar-refractivity contribution in [3.63, 3.8) is 0 Å². The Morgan fingerprint density at radius 3 is 2.67 bits per heavy atom. The van der Waals surface area contributed by atoms with E-state index in [0.29, 0.717) is 0 Å². The highest BCUT2D eigenvalue weighted by atomic mass is 19.3. The number of nitrogens with one attached hydrogen (secondary N) is 2. The normalized spacial score (nSPS) is 12.6. The minimum Gasteiger partial charge on any atom is -0.435 e. The maximum Gasteiger partial charge on any atom is 0.387 e. The number of benzene rings is 1. The third kappa shape index (κ3) is 5.15. The van der Waals surface area contributed by atoms with Crippen molar-refractivity contribution in [2.45, 2.75) is 32.4 Å².